The zero-order valence-corrected chi connectivity index (χ0v) is 12.4. The number of hydrogen-bond donors (Lipinski definition) is 1. The summed E-state index contributed by atoms with van der Waals surface area (Å²) in [5.74, 6) is -3.27. The maximum atomic E-state index is 12.2. The first-order valence-electron chi connectivity index (χ1n) is 6.48. The molecule has 2 rings (SSSR count). The molecule has 0 bridgehead atoms. The molecule has 0 atom stereocenters. The highest BCUT2D eigenvalue weighted by molar-refractivity contribution is 6.21. The Morgan fingerprint density at radius 2 is 1.74 bits per heavy atom. The highest BCUT2D eigenvalue weighted by Gasteiger charge is 2.41. The van der Waals surface area contributed by atoms with Gasteiger partial charge in [0, 0.05) is 12.1 Å². The van der Waals surface area contributed by atoms with E-state index >= 15 is 0 Å². The molecule has 0 saturated carbocycles. The lowest BCUT2D eigenvalue weighted by Crippen LogP contribution is -2.39. The van der Waals surface area contributed by atoms with Crippen LogP contribution in [0.15, 0.2) is 47.5 Å². The fourth-order valence-electron chi connectivity index (χ4n) is 2.04. The molecule has 1 N–H and O–H groups in total. The number of pyridine rings is 1. The molecule has 0 spiro atoms. The van der Waals surface area contributed by atoms with E-state index in [1.807, 2.05) is 0 Å². The molecule has 0 unspecified atom stereocenters. The Morgan fingerprint density at radius 3 is 2.22 bits per heavy atom. The highest BCUT2D eigenvalue weighted by atomic mass is 16.6. The first kappa shape index (κ1) is 16.2. The van der Waals surface area contributed by atoms with Gasteiger partial charge in [0.1, 0.15) is 17.9 Å². The molecule has 0 amide bonds. The lowest BCUT2D eigenvalue weighted by Gasteiger charge is -2.08. The van der Waals surface area contributed by atoms with Crippen LogP contribution in [0.3, 0.4) is 0 Å². The van der Waals surface area contributed by atoms with Gasteiger partial charge in [0.2, 0.25) is 0 Å². The van der Waals surface area contributed by atoms with Crippen molar-refractivity contribution in [3.05, 3.63) is 47.5 Å². The third-order valence-corrected chi connectivity index (χ3v) is 3.06. The second-order valence-corrected chi connectivity index (χ2v) is 4.39. The maximum Gasteiger partial charge on any atom is 0.404 e. The molecular formula is C15H14NO7+. The number of aliphatic hydroxyl groups excluding tert-OH is 1. The van der Waals surface area contributed by atoms with E-state index in [0.29, 0.717) is 0 Å². The molecule has 0 fully saturated rings. The average molecular weight is 320 g/mol. The minimum absolute atomic E-state index is 0.277. The number of nitrogens with zero attached hydrogens (tertiary/aromatic N) is 1. The lowest BCUT2D eigenvalue weighted by atomic mass is 10.0. The van der Waals surface area contributed by atoms with Crippen LogP contribution in [-0.2, 0) is 28.6 Å². The molecule has 0 saturated heterocycles. The maximum absolute atomic E-state index is 12.2. The van der Waals surface area contributed by atoms with Crippen molar-refractivity contribution in [3.8, 4) is 0 Å². The van der Waals surface area contributed by atoms with Crippen LogP contribution in [0.4, 0.5) is 0 Å². The van der Waals surface area contributed by atoms with Crippen molar-refractivity contribution in [1.82, 2.24) is 0 Å². The number of cyclic esters (lactones) is 1. The normalized spacial score (nSPS) is 15.0. The van der Waals surface area contributed by atoms with Crippen molar-refractivity contribution < 1.29 is 38.3 Å². The predicted molar refractivity (Wildman–Crippen MR) is 74.5 cm³/mol. The van der Waals surface area contributed by atoms with Crippen LogP contribution in [0, 0.1) is 0 Å². The fourth-order valence-corrected chi connectivity index (χ4v) is 2.04. The van der Waals surface area contributed by atoms with Gasteiger partial charge in [-0.25, -0.2) is 14.4 Å². The number of esters is 3. The van der Waals surface area contributed by atoms with Crippen LogP contribution >= 0.6 is 0 Å². The van der Waals surface area contributed by atoms with Crippen LogP contribution < -0.4 is 4.57 Å². The van der Waals surface area contributed by atoms with Crippen LogP contribution in [-0.4, -0.2) is 43.8 Å². The van der Waals surface area contributed by atoms with Crippen molar-refractivity contribution in [1.29, 1.82) is 0 Å². The molecule has 0 radical (unpaired) electrons. The summed E-state index contributed by atoms with van der Waals surface area (Å²) in [6.07, 6.45) is 2.96. The second-order valence-electron chi connectivity index (χ2n) is 4.39. The number of aromatic nitrogens is 1. The van der Waals surface area contributed by atoms with Gasteiger partial charge in [0.05, 0.1) is 14.2 Å². The number of carbonyl (C=O) groups excluding carboxylic acids is 3. The minimum Gasteiger partial charge on any atom is -0.508 e. The van der Waals surface area contributed by atoms with Gasteiger partial charge in [0.15, 0.2) is 18.0 Å². The first-order valence-corrected chi connectivity index (χ1v) is 6.48. The van der Waals surface area contributed by atoms with Gasteiger partial charge < -0.3 is 19.3 Å². The summed E-state index contributed by atoms with van der Waals surface area (Å²) in [4.78, 5) is 36.2. The summed E-state index contributed by atoms with van der Waals surface area (Å²) in [7, 11) is 2.22. The molecule has 0 aromatic carbocycles. The second kappa shape index (κ2) is 6.73. The first-order chi connectivity index (χ1) is 11.0. The van der Waals surface area contributed by atoms with E-state index in [9.17, 15) is 19.5 Å². The van der Waals surface area contributed by atoms with E-state index in [0.717, 1.165) is 14.2 Å². The summed E-state index contributed by atoms with van der Waals surface area (Å²) in [5, 5.41) is 9.85. The van der Waals surface area contributed by atoms with Crippen LogP contribution in [0.1, 0.15) is 0 Å². The molecule has 1 aliphatic rings. The van der Waals surface area contributed by atoms with Crippen molar-refractivity contribution in [2.45, 2.75) is 0 Å². The summed E-state index contributed by atoms with van der Waals surface area (Å²) in [6.45, 7) is -0.386. The SMILES string of the molecule is COC(=O)/C(C1=C(O)COC1=O)=C(/C(=O)OC)[n+]1ccccc1. The molecule has 0 aliphatic carbocycles. The summed E-state index contributed by atoms with van der Waals surface area (Å²) >= 11 is 0. The topological polar surface area (TPSA) is 103 Å². The molecule has 1 aliphatic heterocycles. The van der Waals surface area contributed by atoms with Gasteiger partial charge in [-0.3, -0.25) is 0 Å². The van der Waals surface area contributed by atoms with Gasteiger partial charge in [0.25, 0.3) is 0 Å². The van der Waals surface area contributed by atoms with Crippen LogP contribution in [0.2, 0.25) is 0 Å². The Balaban J connectivity index is 2.81. The number of carbonyl (C=O) groups is 3. The molecule has 8 heteroatoms. The highest BCUT2D eigenvalue weighted by Crippen LogP contribution is 2.26. The number of hydrogen-bond acceptors (Lipinski definition) is 7. The molecular weight excluding hydrogens is 306 g/mol. The van der Waals surface area contributed by atoms with Gasteiger partial charge in [-0.05, 0) is 0 Å². The molecule has 1 aromatic heterocycles. The van der Waals surface area contributed by atoms with Crippen molar-refractivity contribution in [3.63, 3.8) is 0 Å². The third-order valence-electron chi connectivity index (χ3n) is 3.06. The molecule has 120 valence electrons. The van der Waals surface area contributed by atoms with E-state index in [4.69, 9.17) is 4.74 Å². The summed E-state index contributed by atoms with van der Waals surface area (Å²) < 4.78 is 15.3. The van der Waals surface area contributed by atoms with E-state index in [1.54, 1.807) is 18.2 Å². The van der Waals surface area contributed by atoms with Crippen molar-refractivity contribution >= 4 is 23.6 Å². The third kappa shape index (κ3) is 3.05. The van der Waals surface area contributed by atoms with Gasteiger partial charge in [-0.15, -0.1) is 0 Å². The largest absolute Gasteiger partial charge is 0.508 e. The summed E-state index contributed by atoms with van der Waals surface area (Å²) in [5.41, 5.74) is -1.13. The van der Waals surface area contributed by atoms with E-state index in [1.165, 1.54) is 17.0 Å². The zero-order valence-electron chi connectivity index (χ0n) is 12.4. The number of methoxy groups -OCH3 is 2. The Hall–Kier alpha value is -3.16. The molecule has 23 heavy (non-hydrogen) atoms. The van der Waals surface area contributed by atoms with Crippen LogP contribution in [0.25, 0.3) is 5.70 Å². The van der Waals surface area contributed by atoms with E-state index in [2.05, 4.69) is 9.47 Å². The predicted octanol–water partition coefficient (Wildman–Crippen LogP) is -0.0999. The Labute approximate surface area is 131 Å². The van der Waals surface area contributed by atoms with Gasteiger partial charge >= 0.3 is 23.6 Å². The smallest absolute Gasteiger partial charge is 0.404 e. The Morgan fingerprint density at radius 1 is 1.13 bits per heavy atom. The molecule has 2 heterocycles. The monoisotopic (exact) mass is 320 g/mol. The summed E-state index contributed by atoms with van der Waals surface area (Å²) in [6, 6.07) is 4.92. The zero-order chi connectivity index (χ0) is 17.0. The fraction of sp³-hybridized carbons (Fsp3) is 0.200. The van der Waals surface area contributed by atoms with Crippen molar-refractivity contribution in [2.24, 2.45) is 0 Å². The van der Waals surface area contributed by atoms with E-state index < -0.39 is 34.8 Å². The molecule has 1 aromatic rings. The number of ether oxygens (including phenoxy) is 3. The lowest BCUT2D eigenvalue weighted by molar-refractivity contribution is -0.578. The van der Waals surface area contributed by atoms with E-state index in [-0.39, 0.29) is 12.3 Å². The minimum atomic E-state index is -0.984. The Bertz CT molecular complexity index is 719. The van der Waals surface area contributed by atoms with Gasteiger partial charge in [-0.1, -0.05) is 6.07 Å². The Kier molecular flexibility index (Phi) is 4.75. The molecule has 8 nitrogen and oxygen atoms in total. The van der Waals surface area contributed by atoms with Crippen LogP contribution in [0.5, 0.6) is 0 Å². The quantitative estimate of drug-likeness (QED) is 0.357. The van der Waals surface area contributed by atoms with Crippen molar-refractivity contribution in [2.75, 3.05) is 20.8 Å². The number of aliphatic hydroxyl groups is 1. The number of rotatable bonds is 4. The standard InChI is InChI=1S/C15H13NO7/c1-21-13(18)11(10-9(17)8-23-14(10)19)12(15(20)22-2)16-6-4-3-5-7-16/h3-7H,8H2,1-2H3/p+1. The average Bonchev–Trinajstić information content (AvgIpc) is 2.90. The van der Waals surface area contributed by atoms with Gasteiger partial charge in [-0.2, -0.15) is 4.57 Å².